The average molecular weight is 882 g/mol. The Morgan fingerprint density at radius 1 is 1.14 bits per heavy atom. The Balaban J connectivity index is 1.17. The Labute approximate surface area is 374 Å². The Hall–Kier alpha value is -4.90. The number of hydrogen-bond acceptors (Lipinski definition) is 11. The maximum atomic E-state index is 14.6. The molecule has 8 rings (SSSR count). The first-order valence-corrected chi connectivity index (χ1v) is 23.3. The van der Waals surface area contributed by atoms with Crippen LogP contribution in [0.2, 0.25) is 0 Å². The second kappa shape index (κ2) is 17.9. The molecule has 3 saturated heterocycles. The van der Waals surface area contributed by atoms with Gasteiger partial charge in [0.25, 0.3) is 5.91 Å². The number of urea groups is 1. The summed E-state index contributed by atoms with van der Waals surface area (Å²) in [5, 5.41) is 8.26. The molecule has 4 amide bonds. The Kier molecular flexibility index (Phi) is 12.7. The number of carbonyl (C=O) groups is 4. The molecule has 0 unspecified atom stereocenters. The predicted octanol–water partition coefficient (Wildman–Crippen LogP) is 5.67. The number of hydrogen-bond donors (Lipinski definition) is 2. The number of nitrogens with one attached hydrogen (secondary N) is 2. The van der Waals surface area contributed by atoms with Gasteiger partial charge < -0.3 is 29.2 Å². The maximum Gasteiger partial charge on any atom is 0.324 e. The van der Waals surface area contributed by atoms with Crippen molar-refractivity contribution in [3.05, 3.63) is 58.2 Å². The highest BCUT2D eigenvalue weighted by molar-refractivity contribution is 7.10. The van der Waals surface area contributed by atoms with Gasteiger partial charge in [-0.2, -0.15) is 0 Å². The average Bonchev–Trinajstić information content (AvgIpc) is 4.07. The Morgan fingerprint density at radius 3 is 2.63 bits per heavy atom. The molecule has 0 saturated carbocycles. The first-order chi connectivity index (χ1) is 30.1. The van der Waals surface area contributed by atoms with E-state index in [4.69, 9.17) is 19.4 Å². The lowest BCUT2D eigenvalue weighted by atomic mass is 9.84. The molecule has 3 fully saturated rings. The molecule has 6 atom stereocenters. The number of thiazole rings is 1. The number of likely N-dealkylation sites (tertiary alicyclic amines) is 2. The largest absolute Gasteiger partial charge is 0.464 e. The van der Waals surface area contributed by atoms with Gasteiger partial charge in [-0.25, -0.2) is 15.2 Å². The van der Waals surface area contributed by atoms with Crippen molar-refractivity contribution >= 4 is 46.1 Å². The molecule has 0 spiro atoms. The van der Waals surface area contributed by atoms with Crippen molar-refractivity contribution in [3.8, 4) is 22.5 Å². The zero-order valence-electron chi connectivity index (χ0n) is 38.1. The number of nitrogens with zero attached hydrogens (tertiary/aromatic N) is 7. The molecular weight excluding hydrogens is 819 g/mol. The van der Waals surface area contributed by atoms with Gasteiger partial charge >= 0.3 is 12.0 Å². The SMILES string of the molecule is CCn1c(-c2cccnc2[C@H](C)OC)c2c3cc(ccc31)-c1csc(n1)C[C@H](NC(=O)[C@H](C(C)C)N(C)C(=O)N1C[C@@H]3C[C@H]1CN3C)C(=O)N1CCC[C@H](N1)C(=O)OCC(C)(C)C2. The minimum Gasteiger partial charge on any atom is -0.464 e. The number of pyridine rings is 1. The summed E-state index contributed by atoms with van der Waals surface area (Å²) in [4.78, 5) is 72.5. The molecule has 338 valence electrons. The molecule has 7 heterocycles. The molecule has 4 aliphatic heterocycles. The van der Waals surface area contributed by atoms with Crippen LogP contribution in [0.3, 0.4) is 0 Å². The van der Waals surface area contributed by atoms with Crippen molar-refractivity contribution in [2.24, 2.45) is 11.3 Å². The number of fused-ring (bicyclic) bond motifs is 8. The number of methoxy groups -OCH3 is 1. The molecule has 63 heavy (non-hydrogen) atoms. The van der Waals surface area contributed by atoms with Crippen LogP contribution in [-0.4, -0.2) is 136 Å². The maximum absolute atomic E-state index is 14.6. The zero-order valence-corrected chi connectivity index (χ0v) is 39.0. The lowest BCUT2D eigenvalue weighted by Crippen LogP contribution is -2.63. The van der Waals surface area contributed by atoms with Crippen LogP contribution in [-0.2, 0) is 43.2 Å². The van der Waals surface area contributed by atoms with E-state index < -0.39 is 35.4 Å². The number of amides is 4. The molecule has 15 nitrogen and oxygen atoms in total. The van der Waals surface area contributed by atoms with Gasteiger partial charge in [0.05, 0.1) is 34.8 Å². The van der Waals surface area contributed by atoms with E-state index in [1.807, 2.05) is 37.1 Å². The van der Waals surface area contributed by atoms with Crippen molar-refractivity contribution in [1.29, 1.82) is 0 Å². The summed E-state index contributed by atoms with van der Waals surface area (Å²) in [5.74, 6) is -1.47. The molecule has 2 N–H and O–H groups in total. The number of aryl methyl sites for hydroxylation is 1. The van der Waals surface area contributed by atoms with E-state index in [9.17, 15) is 19.2 Å². The van der Waals surface area contributed by atoms with Crippen LogP contribution in [0.25, 0.3) is 33.4 Å². The van der Waals surface area contributed by atoms with E-state index in [1.165, 1.54) is 21.2 Å². The molecule has 3 aromatic heterocycles. The molecule has 0 aliphatic carbocycles. The van der Waals surface area contributed by atoms with Gasteiger partial charge in [-0.1, -0.05) is 33.8 Å². The lowest BCUT2D eigenvalue weighted by molar-refractivity contribution is -0.155. The van der Waals surface area contributed by atoms with Gasteiger partial charge in [-0.15, -0.1) is 11.3 Å². The van der Waals surface area contributed by atoms with Crippen LogP contribution in [0.5, 0.6) is 0 Å². The number of cyclic esters (lactones) is 1. The number of rotatable bonds is 8. The van der Waals surface area contributed by atoms with Crippen molar-refractivity contribution in [1.82, 2.24) is 45.0 Å². The number of likely N-dealkylation sites (N-methyl/N-ethyl adjacent to an activating group) is 2. The summed E-state index contributed by atoms with van der Waals surface area (Å²) >= 11 is 1.44. The molecule has 1 aromatic carbocycles. The van der Waals surface area contributed by atoms with Crippen LogP contribution in [0.15, 0.2) is 41.9 Å². The van der Waals surface area contributed by atoms with E-state index in [0.29, 0.717) is 49.9 Å². The summed E-state index contributed by atoms with van der Waals surface area (Å²) in [7, 11) is 5.46. The van der Waals surface area contributed by atoms with E-state index in [0.717, 1.165) is 57.6 Å². The smallest absolute Gasteiger partial charge is 0.324 e. The van der Waals surface area contributed by atoms with Gasteiger partial charge in [0, 0.05) is 97.9 Å². The number of aromatic nitrogens is 3. The van der Waals surface area contributed by atoms with Crippen LogP contribution in [0.4, 0.5) is 4.79 Å². The first kappa shape index (κ1) is 44.7. The van der Waals surface area contributed by atoms with Gasteiger partial charge in [-0.05, 0) is 82.3 Å². The van der Waals surface area contributed by atoms with Crippen LogP contribution >= 0.6 is 11.3 Å². The highest BCUT2D eigenvalue weighted by Gasteiger charge is 2.46. The summed E-state index contributed by atoms with van der Waals surface area (Å²) in [6, 6.07) is 8.12. The highest BCUT2D eigenvalue weighted by Crippen LogP contribution is 2.42. The molecule has 16 heteroatoms. The number of hydrazine groups is 1. The summed E-state index contributed by atoms with van der Waals surface area (Å²) < 4.78 is 14.3. The third kappa shape index (κ3) is 8.71. The van der Waals surface area contributed by atoms with Gasteiger partial charge in [0.2, 0.25) is 5.91 Å². The minimum absolute atomic E-state index is 0.115. The van der Waals surface area contributed by atoms with Crippen LogP contribution in [0, 0.1) is 11.3 Å². The second-order valence-corrected chi connectivity index (χ2v) is 19.9. The highest BCUT2D eigenvalue weighted by atomic mass is 32.1. The fourth-order valence-corrected chi connectivity index (χ4v) is 11.0. The quantitative estimate of drug-likeness (QED) is 0.212. The summed E-state index contributed by atoms with van der Waals surface area (Å²) in [6.07, 6.45) is 4.25. The fourth-order valence-electron chi connectivity index (χ4n) is 10.2. The second-order valence-electron chi connectivity index (χ2n) is 19.0. The van der Waals surface area contributed by atoms with Crippen molar-refractivity contribution in [2.75, 3.05) is 47.4 Å². The number of piperazine rings is 1. The molecule has 0 radical (unpaired) electrons. The molecule has 8 bridgehead atoms. The third-order valence-electron chi connectivity index (χ3n) is 13.5. The number of benzene rings is 1. The van der Waals surface area contributed by atoms with Gasteiger partial charge in [0.1, 0.15) is 18.1 Å². The van der Waals surface area contributed by atoms with Crippen LogP contribution < -0.4 is 10.7 Å². The molecule has 4 aromatic rings. The van der Waals surface area contributed by atoms with Crippen molar-refractivity contribution in [2.45, 2.75) is 117 Å². The minimum atomic E-state index is -1.03. The molecule has 4 aliphatic rings. The fraction of sp³-hybridized carbons (Fsp3) is 0.574. The number of ether oxygens (including phenoxy) is 2. The third-order valence-corrected chi connectivity index (χ3v) is 14.4. The lowest BCUT2D eigenvalue weighted by Gasteiger charge is -2.39. The number of esters is 1. The van der Waals surface area contributed by atoms with Crippen molar-refractivity contribution < 1.29 is 28.7 Å². The van der Waals surface area contributed by atoms with Gasteiger partial charge in [-0.3, -0.25) is 29.3 Å². The standard InChI is InChI=1S/C47H63N9O6S/c1-10-54-38-16-15-29-19-33(38)34(42(54)32-13-11-17-48-40(32)28(4)61-9)22-47(5,6)26-62-45(59)35-14-12-18-56(51-35)44(58)36(21-39-49-37(29)25-63-39)50-43(57)41(27(2)3)53(8)46(60)55-24-30-20-31(55)23-52(30)7/h11,13,15-17,19,25,27-28,30-31,35-36,41,51H,10,12,14,18,20-24,26H2,1-9H3,(H,50,57)/t28-,30-,31-,35-,36-,41-/m0/s1. The predicted molar refractivity (Wildman–Crippen MR) is 243 cm³/mol. The van der Waals surface area contributed by atoms with E-state index in [1.54, 1.807) is 20.4 Å². The topological polar surface area (TPSA) is 154 Å². The first-order valence-electron chi connectivity index (χ1n) is 22.4. The van der Waals surface area contributed by atoms with Gasteiger partial charge in [0.15, 0.2) is 0 Å². The zero-order chi connectivity index (χ0) is 44.9. The summed E-state index contributed by atoms with van der Waals surface area (Å²) in [5.41, 5.74) is 9.43. The molecular formula is C47H63N9O6S. The van der Waals surface area contributed by atoms with E-state index in [2.05, 4.69) is 72.3 Å². The normalized spacial score (nSPS) is 23.8. The van der Waals surface area contributed by atoms with Crippen LogP contribution in [0.1, 0.15) is 83.2 Å². The van der Waals surface area contributed by atoms with E-state index >= 15 is 0 Å². The van der Waals surface area contributed by atoms with Crippen molar-refractivity contribution in [3.63, 3.8) is 0 Å². The Morgan fingerprint density at radius 2 is 1.94 bits per heavy atom. The van der Waals surface area contributed by atoms with E-state index in [-0.39, 0.29) is 43.0 Å². The monoisotopic (exact) mass is 881 g/mol. The Bertz CT molecular complexity index is 2370. The summed E-state index contributed by atoms with van der Waals surface area (Å²) in [6.45, 7) is 14.8. The number of carbonyl (C=O) groups excluding carboxylic acids is 4.